The van der Waals surface area contributed by atoms with Crippen molar-refractivity contribution in [3.8, 4) is 0 Å². The van der Waals surface area contributed by atoms with Crippen LogP contribution >= 0.6 is 0 Å². The minimum absolute atomic E-state index is 0.161. The zero-order valence-corrected chi connectivity index (χ0v) is 11.2. The quantitative estimate of drug-likeness (QED) is 0.731. The van der Waals surface area contributed by atoms with Crippen LogP contribution in [0.15, 0.2) is 0 Å². The minimum Gasteiger partial charge on any atom is -0.393 e. The standard InChI is InChI=1S/C14H29NO/c1-11-5-4-6-14(8-11)10-15-9-12(2)7-13(3)16/h11-16H,4-10H2,1-3H3. The van der Waals surface area contributed by atoms with Gasteiger partial charge in [-0.2, -0.15) is 0 Å². The van der Waals surface area contributed by atoms with E-state index in [1.54, 1.807) is 0 Å². The Morgan fingerprint density at radius 2 is 2.06 bits per heavy atom. The van der Waals surface area contributed by atoms with E-state index in [9.17, 15) is 5.11 Å². The third-order valence-corrected chi connectivity index (χ3v) is 3.71. The summed E-state index contributed by atoms with van der Waals surface area (Å²) in [6, 6.07) is 0. The predicted octanol–water partition coefficient (Wildman–Crippen LogP) is 2.81. The third kappa shape index (κ3) is 5.86. The molecule has 16 heavy (non-hydrogen) atoms. The Bertz CT molecular complexity index is 182. The molecule has 1 aliphatic carbocycles. The van der Waals surface area contributed by atoms with Crippen molar-refractivity contribution in [2.75, 3.05) is 13.1 Å². The molecule has 4 unspecified atom stereocenters. The highest BCUT2D eigenvalue weighted by atomic mass is 16.3. The maximum atomic E-state index is 9.28. The van der Waals surface area contributed by atoms with Crippen molar-refractivity contribution in [2.24, 2.45) is 17.8 Å². The van der Waals surface area contributed by atoms with Crippen LogP contribution in [0.4, 0.5) is 0 Å². The molecule has 0 radical (unpaired) electrons. The smallest absolute Gasteiger partial charge is 0.0515 e. The van der Waals surface area contributed by atoms with Crippen LogP contribution in [-0.4, -0.2) is 24.3 Å². The molecule has 1 aliphatic rings. The fraction of sp³-hybridized carbons (Fsp3) is 1.00. The van der Waals surface area contributed by atoms with Gasteiger partial charge in [-0.25, -0.2) is 0 Å². The van der Waals surface area contributed by atoms with Gasteiger partial charge in [0.15, 0.2) is 0 Å². The Morgan fingerprint density at radius 3 is 2.69 bits per heavy atom. The lowest BCUT2D eigenvalue weighted by Crippen LogP contribution is -2.30. The SMILES string of the molecule is CC(O)CC(C)CNCC1CCCC(C)C1. The summed E-state index contributed by atoms with van der Waals surface area (Å²) in [7, 11) is 0. The summed E-state index contributed by atoms with van der Waals surface area (Å²) in [5.41, 5.74) is 0. The average Bonchev–Trinajstić information content (AvgIpc) is 2.16. The summed E-state index contributed by atoms with van der Waals surface area (Å²) in [6.07, 6.45) is 6.39. The Morgan fingerprint density at radius 1 is 1.31 bits per heavy atom. The monoisotopic (exact) mass is 227 g/mol. The summed E-state index contributed by atoms with van der Waals surface area (Å²) in [5, 5.41) is 12.8. The van der Waals surface area contributed by atoms with Crippen LogP contribution in [0.3, 0.4) is 0 Å². The molecule has 1 saturated carbocycles. The summed E-state index contributed by atoms with van der Waals surface area (Å²) < 4.78 is 0. The van der Waals surface area contributed by atoms with Gasteiger partial charge in [-0.15, -0.1) is 0 Å². The zero-order chi connectivity index (χ0) is 12.0. The first kappa shape index (κ1) is 14.0. The number of hydrogen-bond donors (Lipinski definition) is 2. The number of aliphatic hydroxyl groups is 1. The molecule has 0 bridgehead atoms. The topological polar surface area (TPSA) is 32.3 Å². The highest BCUT2D eigenvalue weighted by Gasteiger charge is 2.18. The van der Waals surface area contributed by atoms with E-state index < -0.39 is 0 Å². The normalized spacial score (nSPS) is 30.0. The summed E-state index contributed by atoms with van der Waals surface area (Å²) in [5.74, 6) is 2.40. The molecular weight excluding hydrogens is 198 g/mol. The Kier molecular flexibility index (Phi) is 6.37. The van der Waals surface area contributed by atoms with Gasteiger partial charge < -0.3 is 10.4 Å². The van der Waals surface area contributed by atoms with Gasteiger partial charge in [-0.1, -0.05) is 26.7 Å². The van der Waals surface area contributed by atoms with Crippen molar-refractivity contribution in [2.45, 2.75) is 59.0 Å². The average molecular weight is 227 g/mol. The van der Waals surface area contributed by atoms with Crippen LogP contribution in [0.5, 0.6) is 0 Å². The van der Waals surface area contributed by atoms with Crippen LogP contribution in [0.25, 0.3) is 0 Å². The number of rotatable bonds is 6. The molecule has 2 nitrogen and oxygen atoms in total. The molecule has 4 atom stereocenters. The fourth-order valence-corrected chi connectivity index (χ4v) is 2.94. The van der Waals surface area contributed by atoms with E-state index in [1.807, 2.05) is 6.92 Å². The Balaban J connectivity index is 2.05. The van der Waals surface area contributed by atoms with Gasteiger partial charge in [-0.3, -0.25) is 0 Å². The number of nitrogens with one attached hydrogen (secondary N) is 1. The maximum Gasteiger partial charge on any atom is 0.0515 e. The molecule has 0 amide bonds. The Labute approximate surface area is 101 Å². The maximum absolute atomic E-state index is 9.28. The molecule has 0 aliphatic heterocycles. The van der Waals surface area contributed by atoms with E-state index in [4.69, 9.17) is 0 Å². The van der Waals surface area contributed by atoms with Crippen LogP contribution in [-0.2, 0) is 0 Å². The Hall–Kier alpha value is -0.0800. The number of hydrogen-bond acceptors (Lipinski definition) is 2. The first-order valence-electron chi connectivity index (χ1n) is 6.96. The fourth-order valence-electron chi connectivity index (χ4n) is 2.94. The zero-order valence-electron chi connectivity index (χ0n) is 11.2. The lowest BCUT2D eigenvalue weighted by Gasteiger charge is -2.27. The van der Waals surface area contributed by atoms with E-state index in [0.717, 1.165) is 24.8 Å². The minimum atomic E-state index is -0.161. The van der Waals surface area contributed by atoms with Gasteiger partial charge in [0.2, 0.25) is 0 Å². The number of aliphatic hydroxyl groups excluding tert-OH is 1. The second-order valence-corrected chi connectivity index (χ2v) is 5.99. The van der Waals surface area contributed by atoms with E-state index in [2.05, 4.69) is 19.2 Å². The first-order chi connectivity index (χ1) is 7.58. The van der Waals surface area contributed by atoms with Crippen LogP contribution < -0.4 is 5.32 Å². The van der Waals surface area contributed by atoms with E-state index in [-0.39, 0.29) is 6.10 Å². The molecule has 0 aromatic carbocycles. The molecular formula is C14H29NO. The molecule has 1 fully saturated rings. The van der Waals surface area contributed by atoms with Crippen molar-refractivity contribution in [1.82, 2.24) is 5.32 Å². The van der Waals surface area contributed by atoms with E-state index in [0.29, 0.717) is 5.92 Å². The van der Waals surface area contributed by atoms with Crippen molar-refractivity contribution in [3.05, 3.63) is 0 Å². The molecule has 2 N–H and O–H groups in total. The molecule has 0 aromatic heterocycles. The molecule has 0 saturated heterocycles. The molecule has 1 rings (SSSR count). The van der Waals surface area contributed by atoms with Crippen molar-refractivity contribution in [1.29, 1.82) is 0 Å². The second-order valence-electron chi connectivity index (χ2n) is 5.99. The lowest BCUT2D eigenvalue weighted by atomic mass is 9.82. The summed E-state index contributed by atoms with van der Waals surface area (Å²) >= 11 is 0. The first-order valence-corrected chi connectivity index (χ1v) is 6.96. The van der Waals surface area contributed by atoms with Crippen LogP contribution in [0, 0.1) is 17.8 Å². The van der Waals surface area contributed by atoms with Crippen LogP contribution in [0.1, 0.15) is 52.9 Å². The van der Waals surface area contributed by atoms with Gasteiger partial charge in [0.05, 0.1) is 6.10 Å². The highest BCUT2D eigenvalue weighted by Crippen LogP contribution is 2.27. The largest absolute Gasteiger partial charge is 0.393 e. The molecule has 2 heteroatoms. The van der Waals surface area contributed by atoms with Gasteiger partial charge in [0, 0.05) is 0 Å². The molecule has 0 spiro atoms. The van der Waals surface area contributed by atoms with Crippen molar-refractivity contribution < 1.29 is 5.11 Å². The molecule has 96 valence electrons. The van der Waals surface area contributed by atoms with E-state index >= 15 is 0 Å². The van der Waals surface area contributed by atoms with Gasteiger partial charge >= 0.3 is 0 Å². The van der Waals surface area contributed by atoms with Gasteiger partial charge in [-0.05, 0) is 57.0 Å². The summed E-state index contributed by atoms with van der Waals surface area (Å²) in [6.45, 7) is 8.69. The lowest BCUT2D eigenvalue weighted by molar-refractivity contribution is 0.162. The predicted molar refractivity (Wildman–Crippen MR) is 69.5 cm³/mol. The highest BCUT2D eigenvalue weighted by molar-refractivity contribution is 4.72. The van der Waals surface area contributed by atoms with Gasteiger partial charge in [0.25, 0.3) is 0 Å². The van der Waals surface area contributed by atoms with E-state index in [1.165, 1.54) is 32.2 Å². The van der Waals surface area contributed by atoms with Gasteiger partial charge in [0.1, 0.15) is 0 Å². The third-order valence-electron chi connectivity index (χ3n) is 3.71. The van der Waals surface area contributed by atoms with Crippen LogP contribution in [0.2, 0.25) is 0 Å². The second kappa shape index (κ2) is 7.29. The van der Waals surface area contributed by atoms with Crippen molar-refractivity contribution in [3.63, 3.8) is 0 Å². The molecule has 0 heterocycles. The van der Waals surface area contributed by atoms with Crippen molar-refractivity contribution >= 4 is 0 Å². The molecule has 0 aromatic rings. The summed E-state index contributed by atoms with van der Waals surface area (Å²) in [4.78, 5) is 0.